The van der Waals surface area contributed by atoms with E-state index in [9.17, 15) is 9.59 Å². The Balaban J connectivity index is 2.22. The molecule has 1 saturated heterocycles. The number of Topliss-reactive ketones (excluding diaryl/α,β-unsaturated/α-hetero) is 1. The Morgan fingerprint density at radius 3 is 2.58 bits per heavy atom. The molecule has 19 heavy (non-hydrogen) atoms. The maximum absolute atomic E-state index is 12.5. The van der Waals surface area contributed by atoms with Crippen molar-refractivity contribution < 1.29 is 14.3 Å². The predicted octanol–water partition coefficient (Wildman–Crippen LogP) is 2.14. The molecule has 1 unspecified atom stereocenters. The van der Waals surface area contributed by atoms with E-state index < -0.39 is 0 Å². The summed E-state index contributed by atoms with van der Waals surface area (Å²) in [5.74, 6) is -0.156. The number of methoxy groups -OCH3 is 1. The summed E-state index contributed by atoms with van der Waals surface area (Å²) in [6, 6.07) is 6.99. The average Bonchev–Trinajstić information content (AvgIpc) is 2.46. The van der Waals surface area contributed by atoms with E-state index in [-0.39, 0.29) is 17.8 Å². The van der Waals surface area contributed by atoms with Crippen molar-refractivity contribution in [3.05, 3.63) is 35.4 Å². The molecular formula is C15H19NO3. The van der Waals surface area contributed by atoms with Crippen LogP contribution in [-0.2, 0) is 4.74 Å². The number of ketones is 1. The Labute approximate surface area is 113 Å². The number of carbonyl (C=O) groups excluding carboxylic acids is 2. The largest absolute Gasteiger partial charge is 0.380 e. The molecule has 0 aromatic heterocycles. The second kappa shape index (κ2) is 5.97. The van der Waals surface area contributed by atoms with E-state index >= 15 is 0 Å². The zero-order valence-electron chi connectivity index (χ0n) is 11.4. The highest BCUT2D eigenvalue weighted by Gasteiger charge is 2.26. The molecule has 1 heterocycles. The molecule has 1 atom stereocenters. The first kappa shape index (κ1) is 13.7. The zero-order valence-corrected chi connectivity index (χ0v) is 11.4. The molecular weight excluding hydrogens is 242 g/mol. The van der Waals surface area contributed by atoms with Gasteiger partial charge < -0.3 is 9.64 Å². The number of nitrogens with zero attached hydrogens (tertiary/aromatic N) is 1. The fourth-order valence-electron chi connectivity index (χ4n) is 2.46. The Hall–Kier alpha value is -1.68. The molecule has 2 rings (SSSR count). The minimum absolute atomic E-state index is 0.0763. The normalized spacial score (nSPS) is 19.3. The van der Waals surface area contributed by atoms with Crippen molar-refractivity contribution in [3.8, 4) is 0 Å². The topological polar surface area (TPSA) is 46.6 Å². The first-order chi connectivity index (χ1) is 9.13. The summed E-state index contributed by atoms with van der Waals surface area (Å²) in [6.45, 7) is 2.81. The van der Waals surface area contributed by atoms with Gasteiger partial charge in [0, 0.05) is 25.8 Å². The lowest BCUT2D eigenvalue weighted by Gasteiger charge is -2.32. The lowest BCUT2D eigenvalue weighted by Crippen LogP contribution is -2.43. The zero-order chi connectivity index (χ0) is 13.8. The average molecular weight is 261 g/mol. The molecule has 0 bridgehead atoms. The molecule has 0 spiro atoms. The van der Waals surface area contributed by atoms with Crippen LogP contribution in [0.25, 0.3) is 0 Å². The summed E-state index contributed by atoms with van der Waals surface area (Å²) in [7, 11) is 1.67. The van der Waals surface area contributed by atoms with Crippen LogP contribution in [0, 0.1) is 0 Å². The molecule has 0 N–H and O–H groups in total. The van der Waals surface area contributed by atoms with Crippen molar-refractivity contribution in [2.24, 2.45) is 0 Å². The van der Waals surface area contributed by atoms with Gasteiger partial charge in [0.2, 0.25) is 0 Å². The quantitative estimate of drug-likeness (QED) is 0.783. The molecule has 1 aromatic carbocycles. The summed E-state index contributed by atoms with van der Waals surface area (Å²) < 4.78 is 5.32. The number of likely N-dealkylation sites (tertiary alicyclic amines) is 1. The van der Waals surface area contributed by atoms with Crippen molar-refractivity contribution in [3.63, 3.8) is 0 Å². The Bertz CT molecular complexity index is 484. The first-order valence-corrected chi connectivity index (χ1v) is 6.55. The molecule has 4 nitrogen and oxygen atoms in total. The van der Waals surface area contributed by atoms with Gasteiger partial charge >= 0.3 is 0 Å². The van der Waals surface area contributed by atoms with E-state index in [1.165, 1.54) is 6.92 Å². The highest BCUT2D eigenvalue weighted by atomic mass is 16.5. The van der Waals surface area contributed by atoms with Crippen LogP contribution in [-0.4, -0.2) is 42.9 Å². The molecule has 1 aliphatic heterocycles. The van der Waals surface area contributed by atoms with E-state index in [4.69, 9.17) is 4.74 Å². The third-order valence-corrected chi connectivity index (χ3v) is 3.54. The Morgan fingerprint density at radius 1 is 1.26 bits per heavy atom. The number of benzene rings is 1. The predicted molar refractivity (Wildman–Crippen MR) is 72.4 cm³/mol. The standard InChI is InChI=1S/C15H19NO3/c1-11(17)13-7-3-4-8-14(13)15(18)16-9-5-6-12(10-16)19-2/h3-4,7-8,12H,5-6,9-10H2,1-2H3. The summed E-state index contributed by atoms with van der Waals surface area (Å²) >= 11 is 0. The van der Waals surface area contributed by atoms with Gasteiger partial charge in [-0.1, -0.05) is 18.2 Å². The lowest BCUT2D eigenvalue weighted by molar-refractivity contribution is 0.0268. The van der Waals surface area contributed by atoms with E-state index in [0.717, 1.165) is 19.4 Å². The number of ether oxygens (including phenoxy) is 1. The van der Waals surface area contributed by atoms with Gasteiger partial charge in [0.15, 0.2) is 5.78 Å². The smallest absolute Gasteiger partial charge is 0.254 e. The second-order valence-corrected chi connectivity index (χ2v) is 4.85. The van der Waals surface area contributed by atoms with Gasteiger partial charge in [-0.15, -0.1) is 0 Å². The molecule has 1 aliphatic rings. The maximum atomic E-state index is 12.5. The van der Waals surface area contributed by atoms with Gasteiger partial charge in [0.05, 0.1) is 11.7 Å². The van der Waals surface area contributed by atoms with Gasteiger partial charge in [0.1, 0.15) is 0 Å². The monoisotopic (exact) mass is 261 g/mol. The minimum Gasteiger partial charge on any atom is -0.380 e. The number of hydrogen-bond acceptors (Lipinski definition) is 3. The number of piperidine rings is 1. The fourth-order valence-corrected chi connectivity index (χ4v) is 2.46. The fraction of sp³-hybridized carbons (Fsp3) is 0.467. The van der Waals surface area contributed by atoms with Gasteiger partial charge in [-0.2, -0.15) is 0 Å². The molecule has 0 radical (unpaired) electrons. The SMILES string of the molecule is COC1CCCN(C(=O)c2ccccc2C(C)=O)C1. The van der Waals surface area contributed by atoms with Crippen molar-refractivity contribution >= 4 is 11.7 Å². The number of carbonyl (C=O) groups is 2. The van der Waals surface area contributed by atoms with E-state index in [2.05, 4.69) is 0 Å². The molecule has 0 saturated carbocycles. The van der Waals surface area contributed by atoms with Gasteiger partial charge in [-0.25, -0.2) is 0 Å². The summed E-state index contributed by atoms with van der Waals surface area (Å²) in [4.78, 5) is 25.9. The van der Waals surface area contributed by atoms with Crippen LogP contribution in [0.15, 0.2) is 24.3 Å². The van der Waals surface area contributed by atoms with E-state index in [1.54, 1.807) is 36.3 Å². The second-order valence-electron chi connectivity index (χ2n) is 4.85. The van der Waals surface area contributed by atoms with E-state index in [0.29, 0.717) is 17.7 Å². The molecule has 1 aromatic rings. The lowest BCUT2D eigenvalue weighted by atomic mass is 10.0. The van der Waals surface area contributed by atoms with Crippen LogP contribution < -0.4 is 0 Å². The maximum Gasteiger partial charge on any atom is 0.254 e. The Morgan fingerprint density at radius 2 is 1.95 bits per heavy atom. The van der Waals surface area contributed by atoms with Crippen LogP contribution in [0.3, 0.4) is 0 Å². The summed E-state index contributed by atoms with van der Waals surface area (Å²) in [6.07, 6.45) is 2.02. The van der Waals surface area contributed by atoms with Crippen molar-refractivity contribution in [2.45, 2.75) is 25.9 Å². The summed E-state index contributed by atoms with van der Waals surface area (Å²) in [5, 5.41) is 0. The highest BCUT2D eigenvalue weighted by molar-refractivity contribution is 6.07. The van der Waals surface area contributed by atoms with Gasteiger partial charge in [0.25, 0.3) is 5.91 Å². The molecule has 0 aliphatic carbocycles. The molecule has 1 fully saturated rings. The Kier molecular flexibility index (Phi) is 4.32. The number of rotatable bonds is 3. The minimum atomic E-state index is -0.0794. The van der Waals surface area contributed by atoms with Gasteiger partial charge in [-0.05, 0) is 25.8 Å². The van der Waals surface area contributed by atoms with Crippen molar-refractivity contribution in [1.82, 2.24) is 4.90 Å². The highest BCUT2D eigenvalue weighted by Crippen LogP contribution is 2.18. The molecule has 1 amide bonds. The van der Waals surface area contributed by atoms with Crippen molar-refractivity contribution in [1.29, 1.82) is 0 Å². The number of hydrogen-bond donors (Lipinski definition) is 0. The van der Waals surface area contributed by atoms with Crippen LogP contribution in [0.2, 0.25) is 0 Å². The van der Waals surface area contributed by atoms with Crippen LogP contribution >= 0.6 is 0 Å². The van der Waals surface area contributed by atoms with E-state index in [1.807, 2.05) is 0 Å². The number of amides is 1. The van der Waals surface area contributed by atoms with Crippen LogP contribution in [0.1, 0.15) is 40.5 Å². The third kappa shape index (κ3) is 3.01. The summed E-state index contributed by atoms with van der Waals surface area (Å²) in [5.41, 5.74) is 0.985. The van der Waals surface area contributed by atoms with Gasteiger partial charge in [-0.3, -0.25) is 9.59 Å². The third-order valence-electron chi connectivity index (χ3n) is 3.54. The van der Waals surface area contributed by atoms with Crippen molar-refractivity contribution in [2.75, 3.05) is 20.2 Å². The molecule has 4 heteroatoms. The van der Waals surface area contributed by atoms with Crippen LogP contribution in [0.5, 0.6) is 0 Å². The van der Waals surface area contributed by atoms with Crippen LogP contribution in [0.4, 0.5) is 0 Å². The first-order valence-electron chi connectivity index (χ1n) is 6.55. The molecule has 102 valence electrons.